The van der Waals surface area contributed by atoms with Crippen molar-refractivity contribution in [1.82, 2.24) is 9.78 Å². The van der Waals surface area contributed by atoms with Crippen molar-refractivity contribution in [2.75, 3.05) is 13.7 Å². The summed E-state index contributed by atoms with van der Waals surface area (Å²) < 4.78 is 7.29. The Morgan fingerprint density at radius 2 is 2.00 bits per heavy atom. The van der Waals surface area contributed by atoms with Crippen molar-refractivity contribution in [3.05, 3.63) is 46.8 Å². The van der Waals surface area contributed by atoms with Gasteiger partial charge in [0.15, 0.2) is 0 Å². The zero-order valence-corrected chi connectivity index (χ0v) is 12.0. The summed E-state index contributed by atoms with van der Waals surface area (Å²) in [6, 6.07) is 8.29. The fourth-order valence-electron chi connectivity index (χ4n) is 2.45. The lowest BCUT2D eigenvalue weighted by Crippen LogP contribution is -2.22. The average Bonchev–Trinajstić information content (AvgIpc) is 2.70. The fraction of sp³-hybridized carbons (Fsp3) is 0.400. The Kier molecular flexibility index (Phi) is 3.90. The van der Waals surface area contributed by atoms with Crippen LogP contribution in [0.4, 0.5) is 0 Å². The second kappa shape index (κ2) is 5.45. The zero-order chi connectivity index (χ0) is 14.0. The SMILES string of the molecule is COc1ccc(C(CN)n2nc(C)cc2C)cc1C. The summed E-state index contributed by atoms with van der Waals surface area (Å²) in [6.07, 6.45) is 0. The van der Waals surface area contributed by atoms with E-state index in [2.05, 4.69) is 30.2 Å². The number of methoxy groups -OCH3 is 1. The molecule has 4 heteroatoms. The Morgan fingerprint density at radius 3 is 2.47 bits per heavy atom. The van der Waals surface area contributed by atoms with Crippen LogP contribution in [-0.2, 0) is 0 Å². The maximum atomic E-state index is 5.94. The topological polar surface area (TPSA) is 53.1 Å². The number of hydrogen-bond acceptors (Lipinski definition) is 3. The molecule has 0 amide bonds. The van der Waals surface area contributed by atoms with Crippen LogP contribution in [0, 0.1) is 20.8 Å². The summed E-state index contributed by atoms with van der Waals surface area (Å²) >= 11 is 0. The van der Waals surface area contributed by atoms with Crippen LogP contribution < -0.4 is 10.5 Å². The van der Waals surface area contributed by atoms with Gasteiger partial charge in [0, 0.05) is 12.2 Å². The number of aryl methyl sites for hydroxylation is 3. The Labute approximate surface area is 114 Å². The van der Waals surface area contributed by atoms with Crippen molar-refractivity contribution in [1.29, 1.82) is 0 Å². The molecule has 0 saturated heterocycles. The molecule has 1 unspecified atom stereocenters. The Balaban J connectivity index is 2.42. The van der Waals surface area contributed by atoms with Gasteiger partial charge in [-0.2, -0.15) is 5.10 Å². The van der Waals surface area contributed by atoms with Gasteiger partial charge in [0.25, 0.3) is 0 Å². The minimum Gasteiger partial charge on any atom is -0.496 e. The highest BCUT2D eigenvalue weighted by molar-refractivity contribution is 5.38. The van der Waals surface area contributed by atoms with Gasteiger partial charge < -0.3 is 10.5 Å². The van der Waals surface area contributed by atoms with E-state index in [1.54, 1.807) is 7.11 Å². The van der Waals surface area contributed by atoms with Crippen molar-refractivity contribution in [2.24, 2.45) is 5.73 Å². The molecule has 0 aliphatic rings. The molecule has 2 rings (SSSR count). The minimum absolute atomic E-state index is 0.0679. The van der Waals surface area contributed by atoms with Crippen molar-refractivity contribution >= 4 is 0 Å². The molecule has 102 valence electrons. The van der Waals surface area contributed by atoms with Gasteiger partial charge in [0.05, 0.1) is 18.8 Å². The van der Waals surface area contributed by atoms with Crippen LogP contribution in [0.3, 0.4) is 0 Å². The monoisotopic (exact) mass is 259 g/mol. The standard InChI is InChI=1S/C15H21N3O/c1-10-7-13(5-6-15(10)19-4)14(9-16)18-12(3)8-11(2)17-18/h5-8,14H,9,16H2,1-4H3. The highest BCUT2D eigenvalue weighted by Gasteiger charge is 2.16. The maximum absolute atomic E-state index is 5.94. The second-order valence-electron chi connectivity index (χ2n) is 4.85. The van der Waals surface area contributed by atoms with Gasteiger partial charge in [-0.25, -0.2) is 0 Å². The molecule has 1 aromatic heterocycles. The van der Waals surface area contributed by atoms with Crippen LogP contribution in [0.25, 0.3) is 0 Å². The Bertz CT molecular complexity index is 575. The summed E-state index contributed by atoms with van der Waals surface area (Å²) in [5.74, 6) is 0.896. The molecule has 19 heavy (non-hydrogen) atoms. The van der Waals surface area contributed by atoms with Gasteiger partial charge in [-0.1, -0.05) is 12.1 Å². The van der Waals surface area contributed by atoms with Gasteiger partial charge in [0.1, 0.15) is 5.75 Å². The van der Waals surface area contributed by atoms with Crippen molar-refractivity contribution < 1.29 is 4.74 Å². The molecule has 0 spiro atoms. The number of hydrogen-bond donors (Lipinski definition) is 1. The van der Waals surface area contributed by atoms with Crippen molar-refractivity contribution in [2.45, 2.75) is 26.8 Å². The predicted molar refractivity (Wildman–Crippen MR) is 76.6 cm³/mol. The Hall–Kier alpha value is -1.81. The number of rotatable bonds is 4. The first-order chi connectivity index (χ1) is 9.06. The Morgan fingerprint density at radius 1 is 1.26 bits per heavy atom. The molecule has 0 saturated carbocycles. The van der Waals surface area contributed by atoms with Crippen LogP contribution >= 0.6 is 0 Å². The third-order valence-electron chi connectivity index (χ3n) is 3.37. The van der Waals surface area contributed by atoms with E-state index in [-0.39, 0.29) is 6.04 Å². The summed E-state index contributed by atoms with van der Waals surface area (Å²) in [5.41, 5.74) is 10.4. The number of aromatic nitrogens is 2. The van der Waals surface area contributed by atoms with Gasteiger partial charge in [-0.05, 0) is 44.0 Å². The minimum atomic E-state index is 0.0679. The van der Waals surface area contributed by atoms with E-state index in [1.165, 1.54) is 0 Å². The molecule has 2 N–H and O–H groups in total. The lowest BCUT2D eigenvalue weighted by atomic mass is 10.0. The first-order valence-corrected chi connectivity index (χ1v) is 6.44. The zero-order valence-electron chi connectivity index (χ0n) is 12.0. The third kappa shape index (κ3) is 2.63. The first kappa shape index (κ1) is 13.6. The summed E-state index contributed by atoms with van der Waals surface area (Å²) in [4.78, 5) is 0. The molecule has 0 aliphatic carbocycles. The van der Waals surface area contributed by atoms with E-state index in [4.69, 9.17) is 10.5 Å². The molecule has 1 atom stereocenters. The molecule has 0 fully saturated rings. The third-order valence-corrected chi connectivity index (χ3v) is 3.37. The lowest BCUT2D eigenvalue weighted by molar-refractivity contribution is 0.411. The lowest BCUT2D eigenvalue weighted by Gasteiger charge is -2.19. The molecular weight excluding hydrogens is 238 g/mol. The van der Waals surface area contributed by atoms with Gasteiger partial charge in [0.2, 0.25) is 0 Å². The average molecular weight is 259 g/mol. The maximum Gasteiger partial charge on any atom is 0.121 e. The van der Waals surface area contributed by atoms with Gasteiger partial charge >= 0.3 is 0 Å². The highest BCUT2D eigenvalue weighted by Crippen LogP contribution is 2.25. The molecular formula is C15H21N3O. The van der Waals surface area contributed by atoms with E-state index in [0.717, 1.165) is 28.3 Å². The quantitative estimate of drug-likeness (QED) is 0.917. The summed E-state index contributed by atoms with van der Waals surface area (Å²) in [7, 11) is 1.68. The van der Waals surface area contributed by atoms with E-state index >= 15 is 0 Å². The number of ether oxygens (including phenoxy) is 1. The highest BCUT2D eigenvalue weighted by atomic mass is 16.5. The summed E-state index contributed by atoms with van der Waals surface area (Å²) in [6.45, 7) is 6.61. The van der Waals surface area contributed by atoms with Crippen molar-refractivity contribution in [3.63, 3.8) is 0 Å². The van der Waals surface area contributed by atoms with Gasteiger partial charge in [-0.15, -0.1) is 0 Å². The van der Waals surface area contributed by atoms with E-state index in [1.807, 2.05) is 24.6 Å². The van der Waals surface area contributed by atoms with E-state index in [9.17, 15) is 0 Å². The fourth-order valence-corrected chi connectivity index (χ4v) is 2.45. The predicted octanol–water partition coefficient (Wildman–Crippen LogP) is 2.37. The second-order valence-corrected chi connectivity index (χ2v) is 4.85. The van der Waals surface area contributed by atoms with Crippen LogP contribution in [0.1, 0.15) is 28.6 Å². The number of nitrogens with zero attached hydrogens (tertiary/aromatic N) is 2. The molecule has 1 heterocycles. The molecule has 0 bridgehead atoms. The van der Waals surface area contributed by atoms with E-state index in [0.29, 0.717) is 6.54 Å². The van der Waals surface area contributed by atoms with Crippen LogP contribution in [0.2, 0.25) is 0 Å². The molecule has 4 nitrogen and oxygen atoms in total. The normalized spacial score (nSPS) is 12.5. The molecule has 0 aliphatic heterocycles. The molecule has 0 radical (unpaired) electrons. The van der Waals surface area contributed by atoms with Crippen LogP contribution in [0.15, 0.2) is 24.3 Å². The molecule has 2 aromatic rings. The number of nitrogens with two attached hydrogens (primary N) is 1. The van der Waals surface area contributed by atoms with Crippen LogP contribution in [0.5, 0.6) is 5.75 Å². The number of benzene rings is 1. The van der Waals surface area contributed by atoms with E-state index < -0.39 is 0 Å². The molecule has 1 aromatic carbocycles. The van der Waals surface area contributed by atoms with Crippen LogP contribution in [-0.4, -0.2) is 23.4 Å². The largest absolute Gasteiger partial charge is 0.496 e. The smallest absolute Gasteiger partial charge is 0.121 e. The summed E-state index contributed by atoms with van der Waals surface area (Å²) in [5, 5.41) is 4.54. The van der Waals surface area contributed by atoms with Crippen molar-refractivity contribution in [3.8, 4) is 5.75 Å². The first-order valence-electron chi connectivity index (χ1n) is 6.44. The van der Waals surface area contributed by atoms with Gasteiger partial charge in [-0.3, -0.25) is 4.68 Å².